The van der Waals surface area contributed by atoms with Crippen molar-refractivity contribution in [2.45, 2.75) is 52.6 Å². The fourth-order valence-corrected chi connectivity index (χ4v) is 2.59. The summed E-state index contributed by atoms with van der Waals surface area (Å²) in [7, 11) is 0. The fraction of sp³-hybridized carbons (Fsp3) is 0.846. The Labute approximate surface area is 109 Å². The van der Waals surface area contributed by atoms with Crippen molar-refractivity contribution in [2.75, 3.05) is 11.9 Å². The molecule has 2 rings (SSSR count). The Morgan fingerprint density at radius 1 is 1.33 bits per heavy atom. The molecule has 102 valence electrons. The molecule has 4 atom stereocenters. The Bertz CT molecular complexity index is 379. The van der Waals surface area contributed by atoms with E-state index in [0.717, 1.165) is 12.5 Å². The molecule has 1 fully saturated rings. The van der Waals surface area contributed by atoms with E-state index in [1.54, 1.807) is 0 Å². The van der Waals surface area contributed by atoms with E-state index in [1.807, 2.05) is 6.92 Å². The lowest BCUT2D eigenvalue weighted by Gasteiger charge is -2.18. The van der Waals surface area contributed by atoms with E-state index < -0.39 is 0 Å². The molecule has 1 aromatic heterocycles. The van der Waals surface area contributed by atoms with Crippen molar-refractivity contribution in [1.29, 1.82) is 0 Å². The van der Waals surface area contributed by atoms with E-state index in [0.29, 0.717) is 23.9 Å². The predicted molar refractivity (Wildman–Crippen MR) is 71.4 cm³/mol. The normalized spacial score (nSPS) is 29.4. The highest BCUT2D eigenvalue weighted by molar-refractivity contribution is 5.21. The van der Waals surface area contributed by atoms with Gasteiger partial charge in [-0.15, -0.1) is 5.10 Å². The second-order valence-corrected chi connectivity index (χ2v) is 5.39. The zero-order chi connectivity index (χ0) is 13.1. The van der Waals surface area contributed by atoms with Crippen molar-refractivity contribution in [3.8, 4) is 0 Å². The number of anilines is 1. The van der Waals surface area contributed by atoms with E-state index >= 15 is 0 Å². The molecule has 0 aliphatic heterocycles. The van der Waals surface area contributed by atoms with Crippen LogP contribution in [0.2, 0.25) is 0 Å². The largest absolute Gasteiger partial charge is 0.406 e. The zero-order valence-corrected chi connectivity index (χ0v) is 11.7. The summed E-state index contributed by atoms with van der Waals surface area (Å²) in [6.45, 7) is 9.57. The Kier molecular flexibility index (Phi) is 4.22. The van der Waals surface area contributed by atoms with Crippen molar-refractivity contribution in [2.24, 2.45) is 11.8 Å². The van der Waals surface area contributed by atoms with Crippen molar-refractivity contribution < 1.29 is 4.42 Å². The van der Waals surface area contributed by atoms with Gasteiger partial charge in [-0.05, 0) is 38.1 Å². The highest BCUT2D eigenvalue weighted by Crippen LogP contribution is 2.33. The van der Waals surface area contributed by atoms with Gasteiger partial charge in [0, 0.05) is 6.04 Å². The lowest BCUT2D eigenvalue weighted by molar-refractivity contribution is 0.409. The fourth-order valence-electron chi connectivity index (χ4n) is 2.59. The summed E-state index contributed by atoms with van der Waals surface area (Å²) in [6.07, 6.45) is 2.45. The van der Waals surface area contributed by atoms with Crippen molar-refractivity contribution in [3.05, 3.63) is 5.89 Å². The van der Waals surface area contributed by atoms with Gasteiger partial charge < -0.3 is 15.1 Å². The van der Waals surface area contributed by atoms with Crippen LogP contribution in [0.4, 0.5) is 6.01 Å². The molecule has 1 aliphatic rings. The summed E-state index contributed by atoms with van der Waals surface area (Å²) in [5.41, 5.74) is 0. The first-order valence-electron chi connectivity index (χ1n) is 6.95. The monoisotopic (exact) mass is 252 g/mol. The van der Waals surface area contributed by atoms with E-state index in [9.17, 15) is 0 Å². The van der Waals surface area contributed by atoms with E-state index in [4.69, 9.17) is 4.42 Å². The molecule has 2 N–H and O–H groups in total. The standard InChI is InChI=1S/C13H24N4O/c1-5-14-10(4)12-16-17-13(18-12)15-11-7-6-8(2)9(11)3/h8-11,14H,5-7H2,1-4H3,(H,15,17). The third-order valence-corrected chi connectivity index (χ3v) is 4.10. The summed E-state index contributed by atoms with van der Waals surface area (Å²) in [4.78, 5) is 0. The average Bonchev–Trinajstić information content (AvgIpc) is 2.92. The van der Waals surface area contributed by atoms with Crippen molar-refractivity contribution >= 4 is 6.01 Å². The minimum atomic E-state index is 0.109. The van der Waals surface area contributed by atoms with Crippen LogP contribution < -0.4 is 10.6 Å². The first-order chi connectivity index (χ1) is 8.61. The molecule has 4 unspecified atom stereocenters. The predicted octanol–water partition coefficient (Wildman–Crippen LogP) is 2.59. The van der Waals surface area contributed by atoms with Gasteiger partial charge >= 0.3 is 6.01 Å². The van der Waals surface area contributed by atoms with Gasteiger partial charge in [-0.1, -0.05) is 25.9 Å². The van der Waals surface area contributed by atoms with Crippen LogP contribution in [0.3, 0.4) is 0 Å². The van der Waals surface area contributed by atoms with Gasteiger partial charge in [-0.3, -0.25) is 0 Å². The molecule has 1 heterocycles. The minimum Gasteiger partial charge on any atom is -0.406 e. The molecule has 5 heteroatoms. The first kappa shape index (κ1) is 13.3. The van der Waals surface area contributed by atoms with Crippen LogP contribution >= 0.6 is 0 Å². The van der Waals surface area contributed by atoms with E-state index in [2.05, 4.69) is 41.6 Å². The molecule has 0 spiro atoms. The smallest absolute Gasteiger partial charge is 0.315 e. The third-order valence-electron chi connectivity index (χ3n) is 4.10. The summed E-state index contributed by atoms with van der Waals surface area (Å²) in [6, 6.07) is 1.13. The van der Waals surface area contributed by atoms with E-state index in [1.165, 1.54) is 12.8 Å². The van der Waals surface area contributed by atoms with Gasteiger partial charge in [0.15, 0.2) is 0 Å². The SMILES string of the molecule is CCNC(C)c1nnc(NC2CCC(C)C2C)o1. The molecule has 5 nitrogen and oxygen atoms in total. The lowest BCUT2D eigenvalue weighted by atomic mass is 9.98. The second kappa shape index (κ2) is 5.69. The van der Waals surface area contributed by atoms with Gasteiger partial charge in [0.2, 0.25) is 5.89 Å². The van der Waals surface area contributed by atoms with Crippen LogP contribution in [0, 0.1) is 11.8 Å². The Morgan fingerprint density at radius 2 is 2.11 bits per heavy atom. The Morgan fingerprint density at radius 3 is 2.72 bits per heavy atom. The van der Waals surface area contributed by atoms with Gasteiger partial charge in [0.25, 0.3) is 0 Å². The average molecular weight is 252 g/mol. The highest BCUT2D eigenvalue weighted by Gasteiger charge is 2.30. The van der Waals surface area contributed by atoms with Crippen molar-refractivity contribution in [3.63, 3.8) is 0 Å². The third kappa shape index (κ3) is 2.83. The number of aromatic nitrogens is 2. The lowest BCUT2D eigenvalue weighted by Crippen LogP contribution is -2.24. The van der Waals surface area contributed by atoms with Crippen LogP contribution in [0.25, 0.3) is 0 Å². The van der Waals surface area contributed by atoms with Gasteiger partial charge in [-0.25, -0.2) is 0 Å². The highest BCUT2D eigenvalue weighted by atomic mass is 16.4. The summed E-state index contributed by atoms with van der Waals surface area (Å²) in [5.74, 6) is 2.08. The Hall–Kier alpha value is -1.10. The molecule has 1 saturated carbocycles. The maximum atomic E-state index is 5.65. The quantitative estimate of drug-likeness (QED) is 0.843. The molecule has 0 saturated heterocycles. The summed E-state index contributed by atoms with van der Waals surface area (Å²) >= 11 is 0. The van der Waals surface area contributed by atoms with Gasteiger partial charge in [0.05, 0.1) is 6.04 Å². The van der Waals surface area contributed by atoms with Gasteiger partial charge in [-0.2, -0.15) is 0 Å². The molecule has 0 aromatic carbocycles. The number of rotatable bonds is 5. The van der Waals surface area contributed by atoms with Crippen LogP contribution in [0.1, 0.15) is 52.5 Å². The molecule has 0 radical (unpaired) electrons. The maximum absolute atomic E-state index is 5.65. The number of hydrogen-bond acceptors (Lipinski definition) is 5. The van der Waals surface area contributed by atoms with Crippen molar-refractivity contribution in [1.82, 2.24) is 15.5 Å². The molecule has 0 amide bonds. The molecule has 18 heavy (non-hydrogen) atoms. The first-order valence-corrected chi connectivity index (χ1v) is 6.95. The second-order valence-electron chi connectivity index (χ2n) is 5.39. The summed E-state index contributed by atoms with van der Waals surface area (Å²) < 4.78 is 5.65. The van der Waals surface area contributed by atoms with Crippen LogP contribution in [-0.2, 0) is 0 Å². The number of nitrogens with one attached hydrogen (secondary N) is 2. The summed E-state index contributed by atoms with van der Waals surface area (Å²) in [5, 5.41) is 14.8. The van der Waals surface area contributed by atoms with Crippen LogP contribution in [0.5, 0.6) is 0 Å². The van der Waals surface area contributed by atoms with Crippen LogP contribution in [-0.4, -0.2) is 22.8 Å². The molecular weight excluding hydrogens is 228 g/mol. The number of hydrogen-bond donors (Lipinski definition) is 2. The zero-order valence-electron chi connectivity index (χ0n) is 11.7. The molecular formula is C13H24N4O. The van der Waals surface area contributed by atoms with Crippen LogP contribution in [0.15, 0.2) is 4.42 Å². The number of nitrogens with zero attached hydrogens (tertiary/aromatic N) is 2. The molecule has 1 aliphatic carbocycles. The molecule has 0 bridgehead atoms. The topological polar surface area (TPSA) is 63.0 Å². The Balaban J connectivity index is 1.94. The molecule has 1 aromatic rings. The maximum Gasteiger partial charge on any atom is 0.315 e. The minimum absolute atomic E-state index is 0.109. The van der Waals surface area contributed by atoms with E-state index in [-0.39, 0.29) is 6.04 Å². The van der Waals surface area contributed by atoms with Gasteiger partial charge in [0.1, 0.15) is 0 Å².